The second-order valence-corrected chi connectivity index (χ2v) is 11.3. The van der Waals surface area contributed by atoms with Crippen molar-refractivity contribution in [2.24, 2.45) is 4.99 Å². The lowest BCUT2D eigenvalue weighted by Gasteiger charge is -2.44. The summed E-state index contributed by atoms with van der Waals surface area (Å²) in [5, 5.41) is 7.09. The highest BCUT2D eigenvalue weighted by molar-refractivity contribution is 7.91. The van der Waals surface area contributed by atoms with Crippen molar-refractivity contribution in [2.75, 3.05) is 33.3 Å². The predicted molar refractivity (Wildman–Crippen MR) is 127 cm³/mol. The minimum absolute atomic E-state index is 0. The lowest BCUT2D eigenvalue weighted by Crippen LogP contribution is -2.64. The molecule has 1 aromatic heterocycles. The van der Waals surface area contributed by atoms with E-state index in [0.29, 0.717) is 47.6 Å². The van der Waals surface area contributed by atoms with Crippen LogP contribution in [0.4, 0.5) is 0 Å². The molecule has 0 bridgehead atoms. The van der Waals surface area contributed by atoms with Crippen molar-refractivity contribution in [1.29, 1.82) is 0 Å². The number of nitrogens with zero attached hydrogens (tertiary/aromatic N) is 2. The molecular weight excluding hydrogens is 479 g/mol. The van der Waals surface area contributed by atoms with Crippen LogP contribution in [-0.4, -0.2) is 57.4 Å². The molecule has 0 aliphatic carbocycles. The first-order chi connectivity index (χ1) is 14.4. The minimum Gasteiger partial charge on any atom is -0.497 e. The van der Waals surface area contributed by atoms with Gasteiger partial charge in [-0.25, -0.2) is 8.42 Å². The van der Waals surface area contributed by atoms with E-state index in [-0.39, 0.29) is 17.9 Å². The lowest BCUT2D eigenvalue weighted by molar-refractivity contribution is 0.241. The maximum atomic E-state index is 12.9. The van der Waals surface area contributed by atoms with Crippen LogP contribution in [0.1, 0.15) is 18.4 Å². The fourth-order valence-electron chi connectivity index (χ4n) is 3.94. The van der Waals surface area contributed by atoms with Gasteiger partial charge in [-0.15, -0.1) is 23.7 Å². The summed E-state index contributed by atoms with van der Waals surface area (Å²) in [6.07, 6.45) is 1.33. The Morgan fingerprint density at radius 3 is 2.55 bits per heavy atom. The molecule has 3 heterocycles. The van der Waals surface area contributed by atoms with E-state index in [1.807, 2.05) is 24.3 Å². The molecule has 0 atom stereocenters. The average molecular weight is 505 g/mol. The quantitative estimate of drug-likeness (QED) is 0.653. The Labute approximate surface area is 198 Å². The summed E-state index contributed by atoms with van der Waals surface area (Å²) < 4.78 is 33.4. The smallest absolute Gasteiger partial charge is 0.252 e. The second kappa shape index (κ2) is 10.1. The third-order valence-corrected chi connectivity index (χ3v) is 9.23. The van der Waals surface area contributed by atoms with Crippen LogP contribution in [0.25, 0.3) is 0 Å². The Morgan fingerprint density at radius 1 is 1.23 bits per heavy atom. The normalized spacial score (nSPS) is 18.8. The number of benzene rings is 1. The van der Waals surface area contributed by atoms with Crippen molar-refractivity contribution in [3.05, 3.63) is 46.3 Å². The maximum absolute atomic E-state index is 12.9. The summed E-state index contributed by atoms with van der Waals surface area (Å²) in [6.45, 7) is 3.04. The summed E-state index contributed by atoms with van der Waals surface area (Å²) in [5.41, 5.74) is 0.818. The average Bonchev–Trinajstić information content (AvgIpc) is 3.21. The lowest BCUT2D eigenvalue weighted by atomic mass is 9.85. The van der Waals surface area contributed by atoms with Crippen molar-refractivity contribution < 1.29 is 13.2 Å². The Kier molecular flexibility index (Phi) is 7.88. The zero-order chi connectivity index (χ0) is 21.2. The minimum atomic E-state index is -3.51. The number of aliphatic imine (C=N–C) groups is 1. The topological polar surface area (TPSA) is 83.0 Å². The van der Waals surface area contributed by atoms with Crippen LogP contribution in [0.2, 0.25) is 4.34 Å². The highest BCUT2D eigenvalue weighted by Gasteiger charge is 2.43. The van der Waals surface area contributed by atoms with Crippen LogP contribution in [0, 0.1) is 0 Å². The van der Waals surface area contributed by atoms with Crippen LogP contribution in [0.5, 0.6) is 5.75 Å². The van der Waals surface area contributed by atoms with Crippen molar-refractivity contribution in [3.63, 3.8) is 0 Å². The van der Waals surface area contributed by atoms with Gasteiger partial charge in [0.05, 0.1) is 23.5 Å². The van der Waals surface area contributed by atoms with E-state index in [2.05, 4.69) is 10.6 Å². The van der Waals surface area contributed by atoms with Gasteiger partial charge in [-0.05, 0) is 42.7 Å². The van der Waals surface area contributed by atoms with Crippen molar-refractivity contribution in [2.45, 2.75) is 29.1 Å². The molecule has 0 radical (unpaired) electrons. The molecule has 2 N–H and O–H groups in total. The zero-order valence-electron chi connectivity index (χ0n) is 17.1. The number of nitrogens with one attached hydrogen (secondary N) is 2. The van der Waals surface area contributed by atoms with E-state index in [4.69, 9.17) is 21.3 Å². The molecule has 31 heavy (non-hydrogen) atoms. The molecule has 2 aliphatic heterocycles. The van der Waals surface area contributed by atoms with Gasteiger partial charge in [0.2, 0.25) is 0 Å². The van der Waals surface area contributed by atoms with Gasteiger partial charge in [0, 0.05) is 26.2 Å². The predicted octanol–water partition coefficient (Wildman–Crippen LogP) is 3.15. The molecule has 1 fully saturated rings. The summed E-state index contributed by atoms with van der Waals surface area (Å²) in [5.74, 6) is 1.74. The number of sulfonamides is 1. The molecule has 0 unspecified atom stereocenters. The molecule has 1 saturated heterocycles. The van der Waals surface area contributed by atoms with Gasteiger partial charge in [0.25, 0.3) is 10.0 Å². The van der Waals surface area contributed by atoms with E-state index in [1.165, 1.54) is 0 Å². The van der Waals surface area contributed by atoms with Crippen LogP contribution in [0.3, 0.4) is 0 Å². The molecule has 1 aromatic carbocycles. The molecule has 2 aliphatic rings. The number of thiophene rings is 1. The molecule has 7 nitrogen and oxygen atoms in total. The van der Waals surface area contributed by atoms with Crippen LogP contribution in [-0.2, 0) is 16.6 Å². The van der Waals surface area contributed by atoms with Gasteiger partial charge in [-0.1, -0.05) is 23.7 Å². The van der Waals surface area contributed by atoms with Gasteiger partial charge in [-0.2, -0.15) is 4.31 Å². The van der Waals surface area contributed by atoms with E-state index in [0.717, 1.165) is 35.0 Å². The summed E-state index contributed by atoms with van der Waals surface area (Å²) in [4.78, 5) is 4.74. The molecule has 170 valence electrons. The standard InChI is InChI=1S/C20H25ClN4O3S2.ClH/c1-28-16-4-2-15(3-5-16)14-23-19-20(24-11-10-22-19)8-12-25(13-9-20)30(26,27)18-7-6-17(21)29-18;/h2-7,24H,8-14H2,1H3,(H,22,23);1H. The molecule has 0 saturated carbocycles. The van der Waals surface area contributed by atoms with E-state index >= 15 is 0 Å². The van der Waals surface area contributed by atoms with Crippen LogP contribution in [0.15, 0.2) is 45.6 Å². The first-order valence-electron chi connectivity index (χ1n) is 9.85. The molecule has 2 aromatic rings. The number of amidine groups is 1. The van der Waals surface area contributed by atoms with E-state index in [1.54, 1.807) is 23.5 Å². The number of halogens is 2. The Hall–Kier alpha value is -1.36. The third kappa shape index (κ3) is 5.18. The second-order valence-electron chi connectivity index (χ2n) is 7.40. The fourth-order valence-corrected chi connectivity index (χ4v) is 7.02. The molecular formula is C20H26Cl2N4O3S2. The fraction of sp³-hybridized carbons (Fsp3) is 0.450. The summed E-state index contributed by atoms with van der Waals surface area (Å²) >= 11 is 7.04. The highest BCUT2D eigenvalue weighted by atomic mass is 35.5. The molecule has 1 spiro atoms. The van der Waals surface area contributed by atoms with Gasteiger partial charge >= 0.3 is 0 Å². The van der Waals surface area contributed by atoms with Crippen molar-refractivity contribution >= 4 is 51.2 Å². The highest BCUT2D eigenvalue weighted by Crippen LogP contribution is 2.32. The first-order valence-corrected chi connectivity index (χ1v) is 12.5. The summed E-state index contributed by atoms with van der Waals surface area (Å²) in [7, 11) is -1.86. The molecule has 0 amide bonds. The number of piperidine rings is 1. The Bertz CT molecular complexity index is 1020. The van der Waals surface area contributed by atoms with Gasteiger partial charge in [0.15, 0.2) is 0 Å². The van der Waals surface area contributed by atoms with E-state index in [9.17, 15) is 8.42 Å². The number of methoxy groups -OCH3 is 1. The van der Waals surface area contributed by atoms with Gasteiger partial charge < -0.3 is 15.4 Å². The van der Waals surface area contributed by atoms with Crippen molar-refractivity contribution in [3.8, 4) is 5.75 Å². The molecule has 4 rings (SSSR count). The SMILES string of the molecule is COc1ccc(CNC2=NCCNC23CCN(S(=O)(=O)c2ccc(Cl)s2)CC3)cc1.Cl. The Balaban J connectivity index is 0.00000272. The van der Waals surface area contributed by atoms with Gasteiger partial charge in [0.1, 0.15) is 15.8 Å². The number of rotatable bonds is 5. The van der Waals surface area contributed by atoms with Crippen molar-refractivity contribution in [1.82, 2.24) is 14.9 Å². The Morgan fingerprint density at radius 2 is 1.94 bits per heavy atom. The number of hydrogen-bond acceptors (Lipinski definition) is 7. The largest absolute Gasteiger partial charge is 0.497 e. The number of hydrogen-bond donors (Lipinski definition) is 2. The van der Waals surface area contributed by atoms with E-state index < -0.39 is 10.0 Å². The number of ether oxygens (including phenoxy) is 1. The van der Waals surface area contributed by atoms with Crippen LogP contribution < -0.4 is 15.4 Å². The summed E-state index contributed by atoms with van der Waals surface area (Å²) in [6, 6.07) is 11.1. The monoisotopic (exact) mass is 504 g/mol. The van der Waals surface area contributed by atoms with Gasteiger partial charge in [-0.3, -0.25) is 4.99 Å². The third-order valence-electron chi connectivity index (χ3n) is 5.64. The molecule has 11 heteroatoms. The van der Waals surface area contributed by atoms with Crippen LogP contribution >= 0.6 is 35.3 Å². The first kappa shape index (κ1) is 24.3. The zero-order valence-corrected chi connectivity index (χ0v) is 20.3. The maximum Gasteiger partial charge on any atom is 0.252 e.